The minimum atomic E-state index is -0.581. The molecule has 6 heteroatoms. The van der Waals surface area contributed by atoms with Crippen LogP contribution in [0.2, 0.25) is 0 Å². The molecule has 0 saturated carbocycles. The largest absolute Gasteiger partial charge is 0.467 e. The number of hydrogen-bond donors (Lipinski definition) is 0. The fraction of sp³-hybridized carbons (Fsp3) is 0.421. The first kappa shape index (κ1) is 17.5. The highest BCUT2D eigenvalue weighted by Crippen LogP contribution is 2.20. The number of para-hydroxylation sites is 1. The number of morpholine rings is 1. The van der Waals surface area contributed by atoms with Gasteiger partial charge in [-0.1, -0.05) is 25.1 Å². The van der Waals surface area contributed by atoms with Crippen LogP contribution in [0.4, 0.5) is 0 Å². The van der Waals surface area contributed by atoms with Gasteiger partial charge in [0.25, 0.3) is 0 Å². The highest BCUT2D eigenvalue weighted by Gasteiger charge is 2.29. The van der Waals surface area contributed by atoms with Crippen molar-refractivity contribution in [1.82, 2.24) is 9.88 Å². The summed E-state index contributed by atoms with van der Waals surface area (Å²) in [6, 6.07) is 9.42. The second-order valence-electron chi connectivity index (χ2n) is 6.28. The lowest BCUT2D eigenvalue weighted by Crippen LogP contribution is -2.48. The van der Waals surface area contributed by atoms with Gasteiger partial charge in [-0.2, -0.15) is 0 Å². The van der Waals surface area contributed by atoms with Gasteiger partial charge < -0.3 is 9.47 Å². The summed E-state index contributed by atoms with van der Waals surface area (Å²) in [7, 11) is 1.35. The first-order valence-corrected chi connectivity index (χ1v) is 8.40. The summed E-state index contributed by atoms with van der Waals surface area (Å²) in [6.07, 6.45) is 1.09. The fourth-order valence-corrected chi connectivity index (χ4v) is 3.19. The van der Waals surface area contributed by atoms with Crippen LogP contribution in [0.1, 0.15) is 17.3 Å². The van der Waals surface area contributed by atoms with Crippen molar-refractivity contribution in [2.45, 2.75) is 13.0 Å². The summed E-state index contributed by atoms with van der Waals surface area (Å²) < 4.78 is 10.2. The number of carbonyl (C=O) groups excluding carboxylic acids is 2. The topological polar surface area (TPSA) is 68.7 Å². The number of nitrogens with zero attached hydrogens (tertiary/aromatic N) is 2. The molecule has 25 heavy (non-hydrogen) atoms. The fourth-order valence-electron chi connectivity index (χ4n) is 3.19. The van der Waals surface area contributed by atoms with E-state index in [-0.39, 0.29) is 17.7 Å². The standard InChI is InChI=1S/C19H22N2O4/c1-13(11-21-9-10-25-17(12-21)19(23)24-2)18(22)15-7-8-20-16-6-4-3-5-14(15)16/h3-8,13,17H,9-12H2,1-2H3. The molecule has 0 amide bonds. The molecule has 1 saturated heterocycles. The Morgan fingerprint density at radius 3 is 2.96 bits per heavy atom. The lowest BCUT2D eigenvalue weighted by Gasteiger charge is -2.32. The zero-order chi connectivity index (χ0) is 17.8. The van der Waals surface area contributed by atoms with Crippen LogP contribution in [0.15, 0.2) is 36.5 Å². The Hall–Kier alpha value is -2.31. The molecule has 2 aromatic rings. The Labute approximate surface area is 146 Å². The summed E-state index contributed by atoms with van der Waals surface area (Å²) in [5, 5.41) is 0.872. The van der Waals surface area contributed by atoms with Crippen molar-refractivity contribution in [3.8, 4) is 0 Å². The number of ether oxygens (including phenoxy) is 2. The van der Waals surface area contributed by atoms with E-state index in [1.807, 2.05) is 31.2 Å². The van der Waals surface area contributed by atoms with Gasteiger partial charge in [0.05, 0.1) is 19.2 Å². The average molecular weight is 342 g/mol. The maximum absolute atomic E-state index is 12.9. The number of ketones is 1. The second kappa shape index (κ2) is 7.72. The van der Waals surface area contributed by atoms with E-state index in [0.29, 0.717) is 31.8 Å². The van der Waals surface area contributed by atoms with E-state index in [0.717, 1.165) is 10.9 Å². The van der Waals surface area contributed by atoms with E-state index in [4.69, 9.17) is 9.47 Å². The van der Waals surface area contributed by atoms with E-state index in [1.165, 1.54) is 7.11 Å². The van der Waals surface area contributed by atoms with Gasteiger partial charge in [0.1, 0.15) is 0 Å². The Bertz CT molecular complexity index is 772. The van der Waals surface area contributed by atoms with Crippen molar-refractivity contribution in [3.05, 3.63) is 42.1 Å². The minimum absolute atomic E-state index is 0.0831. The molecule has 2 heterocycles. The number of aromatic nitrogens is 1. The Balaban J connectivity index is 1.71. The maximum Gasteiger partial charge on any atom is 0.336 e. The average Bonchev–Trinajstić information content (AvgIpc) is 2.66. The van der Waals surface area contributed by atoms with E-state index < -0.39 is 6.10 Å². The summed E-state index contributed by atoms with van der Waals surface area (Å²) in [4.78, 5) is 31.0. The molecule has 1 aliphatic rings. The van der Waals surface area contributed by atoms with Gasteiger partial charge in [0.2, 0.25) is 0 Å². The number of pyridine rings is 1. The molecule has 1 aliphatic heterocycles. The first-order chi connectivity index (χ1) is 12.1. The number of Topliss-reactive ketones (excluding diaryl/α,β-unsaturated/α-hetero) is 1. The van der Waals surface area contributed by atoms with Gasteiger partial charge in [-0.3, -0.25) is 14.7 Å². The minimum Gasteiger partial charge on any atom is -0.467 e. The lowest BCUT2D eigenvalue weighted by atomic mass is 9.96. The quantitative estimate of drug-likeness (QED) is 0.611. The molecule has 0 spiro atoms. The molecule has 3 rings (SSSR count). The van der Waals surface area contributed by atoms with Crippen molar-refractivity contribution in [1.29, 1.82) is 0 Å². The number of hydrogen-bond acceptors (Lipinski definition) is 6. The molecular weight excluding hydrogens is 320 g/mol. The lowest BCUT2D eigenvalue weighted by molar-refractivity contribution is -0.159. The molecular formula is C19H22N2O4. The summed E-state index contributed by atoms with van der Waals surface area (Å²) in [5.41, 5.74) is 1.51. The molecule has 1 aromatic carbocycles. The van der Waals surface area contributed by atoms with Crippen LogP contribution in [0.5, 0.6) is 0 Å². The van der Waals surface area contributed by atoms with Gasteiger partial charge in [0.15, 0.2) is 11.9 Å². The predicted octanol–water partition coefficient (Wildman–Crippen LogP) is 1.93. The van der Waals surface area contributed by atoms with Gasteiger partial charge in [-0.25, -0.2) is 4.79 Å². The number of rotatable bonds is 5. The number of methoxy groups -OCH3 is 1. The summed E-state index contributed by atoms with van der Waals surface area (Å²) in [5.74, 6) is -0.481. The smallest absolute Gasteiger partial charge is 0.336 e. The van der Waals surface area contributed by atoms with Crippen molar-refractivity contribution >= 4 is 22.7 Å². The first-order valence-electron chi connectivity index (χ1n) is 8.40. The Morgan fingerprint density at radius 1 is 1.36 bits per heavy atom. The van der Waals surface area contributed by atoms with Crippen LogP contribution in [0.25, 0.3) is 10.9 Å². The third kappa shape index (κ3) is 3.86. The normalized spacial score (nSPS) is 19.5. The van der Waals surface area contributed by atoms with Crippen molar-refractivity contribution in [2.75, 3.05) is 33.4 Å². The SMILES string of the molecule is COC(=O)C1CN(CC(C)C(=O)c2ccnc3ccccc23)CCO1. The van der Waals surface area contributed by atoms with Crippen LogP contribution >= 0.6 is 0 Å². The Kier molecular flexibility index (Phi) is 5.40. The van der Waals surface area contributed by atoms with Crippen LogP contribution in [-0.2, 0) is 14.3 Å². The van der Waals surface area contributed by atoms with Gasteiger partial charge in [-0.05, 0) is 12.1 Å². The maximum atomic E-state index is 12.9. The van der Waals surface area contributed by atoms with Gasteiger partial charge in [-0.15, -0.1) is 0 Å². The number of esters is 1. The molecule has 0 N–H and O–H groups in total. The van der Waals surface area contributed by atoms with Crippen molar-refractivity contribution < 1.29 is 19.1 Å². The highest BCUT2D eigenvalue weighted by molar-refractivity contribution is 6.08. The van der Waals surface area contributed by atoms with Crippen molar-refractivity contribution in [2.24, 2.45) is 5.92 Å². The summed E-state index contributed by atoms with van der Waals surface area (Å²) in [6.45, 7) is 4.09. The molecule has 2 atom stereocenters. The number of benzene rings is 1. The van der Waals surface area contributed by atoms with Gasteiger partial charge in [0, 0.05) is 42.7 Å². The summed E-state index contributed by atoms with van der Waals surface area (Å²) >= 11 is 0. The zero-order valence-electron chi connectivity index (χ0n) is 14.5. The van der Waals surface area contributed by atoms with Gasteiger partial charge >= 0.3 is 5.97 Å². The zero-order valence-corrected chi connectivity index (χ0v) is 14.5. The molecule has 0 bridgehead atoms. The van der Waals surface area contributed by atoms with E-state index in [1.54, 1.807) is 12.3 Å². The third-order valence-corrected chi connectivity index (χ3v) is 4.51. The van der Waals surface area contributed by atoms with Crippen LogP contribution in [0, 0.1) is 5.92 Å². The number of carbonyl (C=O) groups is 2. The van der Waals surface area contributed by atoms with E-state index in [2.05, 4.69) is 9.88 Å². The Morgan fingerprint density at radius 2 is 2.16 bits per heavy atom. The highest BCUT2D eigenvalue weighted by atomic mass is 16.6. The predicted molar refractivity (Wildman–Crippen MR) is 93.4 cm³/mol. The second-order valence-corrected chi connectivity index (χ2v) is 6.28. The molecule has 132 valence electrons. The van der Waals surface area contributed by atoms with E-state index in [9.17, 15) is 9.59 Å². The van der Waals surface area contributed by atoms with Crippen LogP contribution < -0.4 is 0 Å². The molecule has 1 fully saturated rings. The molecule has 0 aliphatic carbocycles. The molecule has 1 aromatic heterocycles. The molecule has 2 unspecified atom stereocenters. The monoisotopic (exact) mass is 342 g/mol. The number of fused-ring (bicyclic) bond motifs is 1. The molecule has 6 nitrogen and oxygen atoms in total. The van der Waals surface area contributed by atoms with Crippen LogP contribution in [0.3, 0.4) is 0 Å². The third-order valence-electron chi connectivity index (χ3n) is 4.51. The molecule has 0 radical (unpaired) electrons. The van der Waals surface area contributed by atoms with Crippen molar-refractivity contribution in [3.63, 3.8) is 0 Å². The van der Waals surface area contributed by atoms with Crippen LogP contribution in [-0.4, -0.2) is 61.1 Å². The van der Waals surface area contributed by atoms with E-state index >= 15 is 0 Å².